The van der Waals surface area contributed by atoms with E-state index in [0.717, 1.165) is 12.0 Å². The second-order valence-corrected chi connectivity index (χ2v) is 4.05. The van der Waals surface area contributed by atoms with Crippen molar-refractivity contribution in [1.82, 2.24) is 15.6 Å². The van der Waals surface area contributed by atoms with Crippen molar-refractivity contribution in [2.75, 3.05) is 0 Å². The van der Waals surface area contributed by atoms with Gasteiger partial charge in [0.25, 0.3) is 0 Å². The Kier molecular flexibility index (Phi) is 5.13. The number of pyridine rings is 1. The Balaban J connectivity index is 2.37. The Morgan fingerprint density at radius 2 is 2.24 bits per heavy atom. The third kappa shape index (κ3) is 4.63. The molecule has 0 aliphatic heterocycles. The topological polar surface area (TPSA) is 71.1 Å². The Bertz CT molecular complexity index is 365. The number of aldehydes is 1. The molecule has 1 rings (SSSR count). The molecule has 0 bridgehead atoms. The molecule has 1 aromatic rings. The van der Waals surface area contributed by atoms with Crippen LogP contribution in [0, 0.1) is 5.92 Å². The smallest absolute Gasteiger partial charge is 0.315 e. The molecule has 1 unspecified atom stereocenters. The van der Waals surface area contributed by atoms with Crippen molar-refractivity contribution < 1.29 is 9.59 Å². The fraction of sp³-hybridized carbons (Fsp3) is 0.417. The van der Waals surface area contributed by atoms with Crippen LogP contribution in [-0.2, 0) is 11.3 Å². The van der Waals surface area contributed by atoms with Crippen molar-refractivity contribution in [3.8, 4) is 0 Å². The van der Waals surface area contributed by atoms with Crippen molar-refractivity contribution in [3.05, 3.63) is 30.1 Å². The molecule has 0 aliphatic rings. The largest absolute Gasteiger partial charge is 0.332 e. The molecule has 0 saturated carbocycles. The Labute approximate surface area is 101 Å². The van der Waals surface area contributed by atoms with Gasteiger partial charge < -0.3 is 15.4 Å². The number of hydrogen-bond donors (Lipinski definition) is 2. The molecular formula is C12H17N3O2. The molecular weight excluding hydrogens is 218 g/mol. The Hall–Kier alpha value is -1.91. The molecule has 1 heterocycles. The van der Waals surface area contributed by atoms with Crippen LogP contribution in [0.3, 0.4) is 0 Å². The van der Waals surface area contributed by atoms with E-state index in [1.807, 2.05) is 32.0 Å². The zero-order chi connectivity index (χ0) is 12.7. The number of aromatic nitrogens is 1. The van der Waals surface area contributed by atoms with E-state index >= 15 is 0 Å². The van der Waals surface area contributed by atoms with Crippen LogP contribution in [0.2, 0.25) is 0 Å². The summed E-state index contributed by atoms with van der Waals surface area (Å²) in [5, 5.41) is 5.24. The number of amides is 2. The fourth-order valence-electron chi connectivity index (χ4n) is 1.23. The highest BCUT2D eigenvalue weighted by Crippen LogP contribution is 1.98. The first-order valence-corrected chi connectivity index (χ1v) is 5.53. The first kappa shape index (κ1) is 13.2. The number of carbonyl (C=O) groups is 2. The van der Waals surface area contributed by atoms with E-state index in [1.165, 1.54) is 0 Å². The number of nitrogens with one attached hydrogen (secondary N) is 2. The Morgan fingerprint density at radius 1 is 1.47 bits per heavy atom. The molecule has 0 aromatic carbocycles. The lowest BCUT2D eigenvalue weighted by Crippen LogP contribution is -2.45. The summed E-state index contributed by atoms with van der Waals surface area (Å²) in [6, 6.07) is 4.66. The van der Waals surface area contributed by atoms with Gasteiger partial charge in [-0.15, -0.1) is 0 Å². The van der Waals surface area contributed by atoms with Crippen LogP contribution in [0.25, 0.3) is 0 Å². The van der Waals surface area contributed by atoms with Crippen LogP contribution in [-0.4, -0.2) is 23.3 Å². The molecule has 2 amide bonds. The lowest BCUT2D eigenvalue weighted by Gasteiger charge is -2.16. The monoisotopic (exact) mass is 235 g/mol. The van der Waals surface area contributed by atoms with Crippen LogP contribution in [0.5, 0.6) is 0 Å². The third-order valence-corrected chi connectivity index (χ3v) is 2.32. The molecule has 17 heavy (non-hydrogen) atoms. The molecule has 0 saturated heterocycles. The van der Waals surface area contributed by atoms with Gasteiger partial charge in [-0.05, 0) is 18.1 Å². The average Bonchev–Trinajstić information content (AvgIpc) is 2.34. The van der Waals surface area contributed by atoms with Gasteiger partial charge in [-0.2, -0.15) is 0 Å². The van der Waals surface area contributed by atoms with Gasteiger partial charge in [-0.25, -0.2) is 4.79 Å². The summed E-state index contributed by atoms with van der Waals surface area (Å²) in [6.07, 6.45) is 2.41. The van der Waals surface area contributed by atoms with Crippen LogP contribution in [0.1, 0.15) is 19.5 Å². The summed E-state index contributed by atoms with van der Waals surface area (Å²) in [6.45, 7) is 4.09. The van der Waals surface area contributed by atoms with E-state index in [2.05, 4.69) is 15.6 Å². The molecule has 92 valence electrons. The van der Waals surface area contributed by atoms with Crippen molar-refractivity contribution in [2.45, 2.75) is 26.4 Å². The van der Waals surface area contributed by atoms with Gasteiger partial charge in [0.05, 0.1) is 18.3 Å². The van der Waals surface area contributed by atoms with E-state index in [1.54, 1.807) is 6.20 Å². The van der Waals surface area contributed by atoms with E-state index in [0.29, 0.717) is 6.54 Å². The number of hydrogen-bond acceptors (Lipinski definition) is 3. The van der Waals surface area contributed by atoms with Crippen LogP contribution in [0.4, 0.5) is 4.79 Å². The minimum atomic E-state index is -0.460. The fourth-order valence-corrected chi connectivity index (χ4v) is 1.23. The Morgan fingerprint density at radius 3 is 2.76 bits per heavy atom. The first-order chi connectivity index (χ1) is 8.13. The summed E-state index contributed by atoms with van der Waals surface area (Å²) in [4.78, 5) is 26.3. The highest BCUT2D eigenvalue weighted by atomic mass is 16.2. The van der Waals surface area contributed by atoms with Gasteiger partial charge in [0.1, 0.15) is 6.29 Å². The average molecular weight is 235 g/mol. The van der Waals surface area contributed by atoms with Gasteiger partial charge in [0.2, 0.25) is 0 Å². The van der Waals surface area contributed by atoms with Gasteiger partial charge >= 0.3 is 6.03 Å². The number of carbonyl (C=O) groups excluding carboxylic acids is 2. The number of nitrogens with zero attached hydrogens (tertiary/aromatic N) is 1. The summed E-state index contributed by atoms with van der Waals surface area (Å²) in [5.41, 5.74) is 0.773. The quantitative estimate of drug-likeness (QED) is 0.751. The summed E-state index contributed by atoms with van der Waals surface area (Å²) in [7, 11) is 0. The van der Waals surface area contributed by atoms with E-state index in [4.69, 9.17) is 0 Å². The van der Waals surface area contributed by atoms with E-state index < -0.39 is 6.04 Å². The number of rotatable bonds is 5. The van der Waals surface area contributed by atoms with Crippen molar-refractivity contribution in [1.29, 1.82) is 0 Å². The molecule has 0 spiro atoms. The summed E-state index contributed by atoms with van der Waals surface area (Å²) in [5.74, 6) is 0.0769. The minimum absolute atomic E-state index is 0.0769. The zero-order valence-electron chi connectivity index (χ0n) is 10.0. The van der Waals surface area contributed by atoms with Gasteiger partial charge in [0, 0.05) is 6.20 Å². The third-order valence-electron chi connectivity index (χ3n) is 2.32. The summed E-state index contributed by atoms with van der Waals surface area (Å²) >= 11 is 0. The molecule has 5 heteroatoms. The molecule has 1 aromatic heterocycles. The minimum Gasteiger partial charge on any atom is -0.332 e. The SMILES string of the molecule is CC(C)C(C=O)NC(=O)NCc1ccccn1. The number of urea groups is 1. The van der Waals surface area contributed by atoms with Gasteiger partial charge in [0.15, 0.2) is 0 Å². The van der Waals surface area contributed by atoms with Crippen LogP contribution in [0.15, 0.2) is 24.4 Å². The maximum atomic E-state index is 11.5. The van der Waals surface area contributed by atoms with Crippen LogP contribution >= 0.6 is 0 Å². The van der Waals surface area contributed by atoms with E-state index in [9.17, 15) is 9.59 Å². The lowest BCUT2D eigenvalue weighted by atomic mass is 10.1. The lowest BCUT2D eigenvalue weighted by molar-refractivity contribution is -0.110. The van der Waals surface area contributed by atoms with Gasteiger partial charge in [-0.1, -0.05) is 19.9 Å². The standard InChI is InChI=1S/C12H17N3O2/c1-9(2)11(8-16)15-12(17)14-7-10-5-3-4-6-13-10/h3-6,8-9,11H,7H2,1-2H3,(H2,14,15,17). The molecule has 0 fully saturated rings. The van der Waals surface area contributed by atoms with Crippen LogP contribution < -0.4 is 10.6 Å². The first-order valence-electron chi connectivity index (χ1n) is 5.53. The zero-order valence-corrected chi connectivity index (χ0v) is 10.0. The highest BCUT2D eigenvalue weighted by molar-refractivity contribution is 5.77. The second kappa shape index (κ2) is 6.62. The molecule has 2 N–H and O–H groups in total. The summed E-state index contributed by atoms with van der Waals surface area (Å²) < 4.78 is 0. The normalized spacial score (nSPS) is 11.9. The van der Waals surface area contributed by atoms with Gasteiger partial charge in [-0.3, -0.25) is 4.98 Å². The second-order valence-electron chi connectivity index (χ2n) is 4.05. The van der Waals surface area contributed by atoms with Crippen molar-refractivity contribution in [2.24, 2.45) is 5.92 Å². The molecule has 1 atom stereocenters. The van der Waals surface area contributed by atoms with Crippen molar-refractivity contribution in [3.63, 3.8) is 0 Å². The molecule has 0 aliphatic carbocycles. The molecule has 5 nitrogen and oxygen atoms in total. The highest BCUT2D eigenvalue weighted by Gasteiger charge is 2.14. The maximum absolute atomic E-state index is 11.5. The predicted octanol–water partition coefficient (Wildman–Crippen LogP) is 1.10. The molecule has 0 radical (unpaired) electrons. The van der Waals surface area contributed by atoms with E-state index in [-0.39, 0.29) is 11.9 Å². The van der Waals surface area contributed by atoms with Crippen molar-refractivity contribution >= 4 is 12.3 Å². The predicted molar refractivity (Wildman–Crippen MR) is 64.3 cm³/mol. The maximum Gasteiger partial charge on any atom is 0.315 e.